The van der Waals surface area contributed by atoms with Crippen LogP contribution in [0.25, 0.3) is 20.7 Å². The van der Waals surface area contributed by atoms with Gasteiger partial charge >= 0.3 is 12.2 Å². The van der Waals surface area contributed by atoms with Gasteiger partial charge in [0.2, 0.25) is 0 Å². The molecule has 1 fully saturated rings. The van der Waals surface area contributed by atoms with Crippen molar-refractivity contribution >= 4 is 39.4 Å². The number of aromatic nitrogens is 3. The first-order valence-electron chi connectivity index (χ1n) is 14.0. The van der Waals surface area contributed by atoms with Crippen molar-refractivity contribution in [2.75, 3.05) is 32.1 Å². The molecule has 0 unspecified atom stereocenters. The second kappa shape index (κ2) is 13.0. The number of pyridine rings is 1. The van der Waals surface area contributed by atoms with E-state index in [1.807, 2.05) is 28.9 Å². The van der Waals surface area contributed by atoms with Crippen molar-refractivity contribution < 1.29 is 28.2 Å². The van der Waals surface area contributed by atoms with Gasteiger partial charge in [-0.25, -0.2) is 14.0 Å². The molecule has 1 saturated carbocycles. The van der Waals surface area contributed by atoms with Crippen molar-refractivity contribution in [3.8, 4) is 21.9 Å². The average Bonchev–Trinajstić information content (AvgIpc) is 3.42. The largest absolute Gasteiger partial charge is 0.508 e. The normalized spacial score (nSPS) is 13.3. The molecule has 13 heteroatoms. The first kappa shape index (κ1) is 30.2. The van der Waals surface area contributed by atoms with Gasteiger partial charge in [-0.05, 0) is 58.9 Å². The van der Waals surface area contributed by atoms with E-state index in [4.69, 9.17) is 14.2 Å². The molecule has 5 rings (SSSR count). The number of carbonyl (C=O) groups is 2. The van der Waals surface area contributed by atoms with E-state index < -0.39 is 17.6 Å². The second-order valence-corrected chi connectivity index (χ2v) is 12.4. The smallest absolute Gasteiger partial charge is 0.453 e. The quantitative estimate of drug-likeness (QED) is 0.191. The van der Waals surface area contributed by atoms with Crippen molar-refractivity contribution in [2.45, 2.75) is 51.8 Å². The van der Waals surface area contributed by atoms with Crippen LogP contribution in [0, 0.1) is 5.82 Å². The van der Waals surface area contributed by atoms with E-state index in [0.29, 0.717) is 31.1 Å². The Morgan fingerprint density at radius 2 is 1.98 bits per heavy atom. The van der Waals surface area contributed by atoms with E-state index in [1.165, 1.54) is 23.5 Å². The molecule has 4 aromatic rings. The van der Waals surface area contributed by atoms with Gasteiger partial charge in [-0.1, -0.05) is 0 Å². The number of nitrogens with one attached hydrogen (secondary N) is 2. The zero-order valence-electron chi connectivity index (χ0n) is 24.6. The number of amides is 2. The lowest BCUT2D eigenvalue weighted by Crippen LogP contribution is -2.30. The van der Waals surface area contributed by atoms with E-state index >= 15 is 0 Å². The maximum Gasteiger partial charge on any atom is 0.508 e. The number of halogens is 1. The number of rotatable bonds is 11. The molecule has 228 valence electrons. The monoisotopic (exact) mass is 610 g/mol. The number of ether oxygens (including phenoxy) is 3. The number of benzene rings is 1. The topological polar surface area (TPSA) is 120 Å². The highest BCUT2D eigenvalue weighted by molar-refractivity contribution is 7.22. The predicted octanol–water partition coefficient (Wildman–Crippen LogP) is 6.26. The lowest BCUT2D eigenvalue weighted by Gasteiger charge is -2.20. The Bertz CT molecular complexity index is 1600. The first-order valence-corrected chi connectivity index (χ1v) is 14.8. The molecule has 0 atom stereocenters. The van der Waals surface area contributed by atoms with Crippen LogP contribution in [0.3, 0.4) is 0 Å². The van der Waals surface area contributed by atoms with Crippen molar-refractivity contribution in [3.05, 3.63) is 54.7 Å². The van der Waals surface area contributed by atoms with Gasteiger partial charge in [0.25, 0.3) is 0 Å². The van der Waals surface area contributed by atoms with Crippen molar-refractivity contribution in [1.29, 1.82) is 0 Å². The molecule has 1 aromatic carbocycles. The van der Waals surface area contributed by atoms with Gasteiger partial charge < -0.3 is 29.7 Å². The molecule has 0 saturated heterocycles. The highest BCUT2D eigenvalue weighted by Gasteiger charge is 2.23. The van der Waals surface area contributed by atoms with Crippen LogP contribution >= 0.6 is 11.3 Å². The van der Waals surface area contributed by atoms with Crippen molar-refractivity contribution in [3.63, 3.8) is 0 Å². The van der Waals surface area contributed by atoms with Crippen LogP contribution in [0.1, 0.15) is 33.6 Å². The molecule has 0 spiro atoms. The summed E-state index contributed by atoms with van der Waals surface area (Å²) in [5, 5.41) is 9.94. The van der Waals surface area contributed by atoms with Crippen LogP contribution in [-0.2, 0) is 16.0 Å². The summed E-state index contributed by atoms with van der Waals surface area (Å²) in [6.07, 6.45) is 6.64. The minimum Gasteiger partial charge on any atom is -0.453 e. The predicted molar refractivity (Wildman–Crippen MR) is 162 cm³/mol. The van der Waals surface area contributed by atoms with Gasteiger partial charge in [0.1, 0.15) is 18.0 Å². The molecule has 0 aliphatic heterocycles. The molecule has 1 aliphatic rings. The van der Waals surface area contributed by atoms with Crippen LogP contribution in [0.15, 0.2) is 48.9 Å². The Kier molecular flexibility index (Phi) is 9.11. The van der Waals surface area contributed by atoms with Crippen LogP contribution in [0.4, 0.5) is 19.7 Å². The number of likely N-dealkylation sites (N-methyl/N-ethyl adjacent to an activating group) is 1. The van der Waals surface area contributed by atoms with Gasteiger partial charge in [0, 0.05) is 59.8 Å². The summed E-state index contributed by atoms with van der Waals surface area (Å²) in [5.41, 5.74) is 1.41. The SMILES string of the molecule is CN(CCOC(=O)OC(C)(C)C)CCn1cc(-c2cc3nccc(Oc4ccc(NC(=O)NC5CC5)cc4F)c3s2)cn1. The van der Waals surface area contributed by atoms with E-state index in [2.05, 4.69) is 20.7 Å². The van der Waals surface area contributed by atoms with Crippen LogP contribution < -0.4 is 15.4 Å². The summed E-state index contributed by atoms with van der Waals surface area (Å²) in [5.74, 6) is -0.0624. The molecule has 1 aliphatic carbocycles. The Balaban J connectivity index is 1.17. The fraction of sp³-hybridized carbons (Fsp3) is 0.400. The van der Waals surface area contributed by atoms with Crippen LogP contribution in [0.5, 0.6) is 11.5 Å². The first-order chi connectivity index (χ1) is 20.5. The third kappa shape index (κ3) is 8.64. The van der Waals surface area contributed by atoms with Crippen LogP contribution in [-0.4, -0.2) is 70.2 Å². The van der Waals surface area contributed by atoms with Gasteiger partial charge in [-0.2, -0.15) is 5.10 Å². The molecule has 0 radical (unpaired) electrons. The van der Waals surface area contributed by atoms with Gasteiger partial charge in [-0.15, -0.1) is 11.3 Å². The Morgan fingerprint density at radius 1 is 1.16 bits per heavy atom. The number of urea groups is 1. The fourth-order valence-corrected chi connectivity index (χ4v) is 5.10. The number of fused-ring (bicyclic) bond motifs is 1. The second-order valence-electron chi connectivity index (χ2n) is 11.4. The Labute approximate surface area is 252 Å². The Hall–Kier alpha value is -4.23. The maximum atomic E-state index is 14.9. The molecule has 11 nitrogen and oxygen atoms in total. The molecule has 43 heavy (non-hydrogen) atoms. The number of hydrogen-bond acceptors (Lipinski definition) is 9. The van der Waals surface area contributed by atoms with Gasteiger partial charge in [0.05, 0.1) is 23.0 Å². The molecule has 0 bridgehead atoms. The number of hydrogen-bond donors (Lipinski definition) is 2. The zero-order chi connectivity index (χ0) is 30.6. The summed E-state index contributed by atoms with van der Waals surface area (Å²) < 4.78 is 33.7. The highest BCUT2D eigenvalue weighted by atomic mass is 32.1. The molecule has 3 aromatic heterocycles. The lowest BCUT2D eigenvalue weighted by molar-refractivity contribution is -0.00955. The van der Waals surface area contributed by atoms with Gasteiger partial charge in [-0.3, -0.25) is 9.67 Å². The summed E-state index contributed by atoms with van der Waals surface area (Å²) in [6, 6.07) is 7.84. The van der Waals surface area contributed by atoms with E-state index in [1.54, 1.807) is 45.3 Å². The molecule has 2 amide bonds. The number of carbonyl (C=O) groups excluding carboxylic acids is 2. The molecule has 2 N–H and O–H groups in total. The van der Waals surface area contributed by atoms with E-state index in [-0.39, 0.29) is 24.4 Å². The standard InChI is InChI=1S/C30H35FN6O5S/c1-30(2,3)42-29(39)40-14-13-36(4)11-12-37-18-19(17-33-37)26-16-23-27(43-26)25(9-10-32-23)41-24-8-7-21(15-22(24)31)35-28(38)34-20-5-6-20/h7-10,15-18,20H,5-6,11-14H2,1-4H3,(H2,34,35,38). The Morgan fingerprint density at radius 3 is 2.72 bits per heavy atom. The summed E-state index contributed by atoms with van der Waals surface area (Å²) in [7, 11) is 1.95. The van der Waals surface area contributed by atoms with Crippen molar-refractivity contribution in [2.24, 2.45) is 0 Å². The number of nitrogens with zero attached hydrogens (tertiary/aromatic N) is 4. The average molecular weight is 611 g/mol. The summed E-state index contributed by atoms with van der Waals surface area (Å²) >= 11 is 1.48. The number of anilines is 1. The van der Waals surface area contributed by atoms with Crippen LogP contribution in [0.2, 0.25) is 0 Å². The number of thiophene rings is 1. The van der Waals surface area contributed by atoms with Crippen molar-refractivity contribution in [1.82, 2.24) is 25.0 Å². The zero-order valence-corrected chi connectivity index (χ0v) is 25.4. The van der Waals surface area contributed by atoms with E-state index in [0.717, 1.165) is 33.5 Å². The minimum absolute atomic E-state index is 0.0454. The summed E-state index contributed by atoms with van der Waals surface area (Å²) in [6.45, 7) is 7.52. The fourth-order valence-electron chi connectivity index (χ4n) is 4.06. The molecular formula is C30H35FN6O5S. The highest BCUT2D eigenvalue weighted by Crippen LogP contribution is 2.39. The third-order valence-corrected chi connectivity index (χ3v) is 7.60. The molecule has 3 heterocycles. The summed E-state index contributed by atoms with van der Waals surface area (Å²) in [4.78, 5) is 31.1. The molecular weight excluding hydrogens is 575 g/mol. The maximum absolute atomic E-state index is 14.9. The lowest BCUT2D eigenvalue weighted by atomic mass is 10.2. The van der Waals surface area contributed by atoms with E-state index in [9.17, 15) is 14.0 Å². The third-order valence-electron chi connectivity index (χ3n) is 6.41. The minimum atomic E-state index is -0.672. The van der Waals surface area contributed by atoms with Gasteiger partial charge in [0.15, 0.2) is 11.6 Å².